The van der Waals surface area contributed by atoms with Gasteiger partial charge in [0.1, 0.15) is 0 Å². The molecule has 4 N–H and O–H groups in total. The number of aliphatic carboxylic acids is 1. The molecular formula is C12H25N3O5S. The molecule has 1 atom stereocenters. The Balaban J connectivity index is 4.18. The van der Waals surface area contributed by atoms with Crippen LogP contribution >= 0.6 is 0 Å². The summed E-state index contributed by atoms with van der Waals surface area (Å²) < 4.78 is 24.7. The zero-order valence-electron chi connectivity index (χ0n) is 12.9. The molecule has 0 saturated heterocycles. The summed E-state index contributed by atoms with van der Waals surface area (Å²) in [6.07, 6.45) is 1.69. The summed E-state index contributed by atoms with van der Waals surface area (Å²) in [5, 5.41) is 13.8. The number of carboxylic acid groups (broad SMARTS) is 1. The molecule has 2 amide bonds. The molecule has 0 bridgehead atoms. The number of urea groups is 1. The molecule has 21 heavy (non-hydrogen) atoms. The average Bonchev–Trinajstić information content (AvgIpc) is 2.28. The van der Waals surface area contributed by atoms with Crippen molar-refractivity contribution in [3.63, 3.8) is 0 Å². The van der Waals surface area contributed by atoms with Crippen molar-refractivity contribution >= 4 is 22.0 Å². The number of sulfonamides is 1. The summed E-state index contributed by atoms with van der Waals surface area (Å²) in [4.78, 5) is 22.2. The quantitative estimate of drug-likeness (QED) is 0.479. The van der Waals surface area contributed by atoms with E-state index in [0.717, 1.165) is 6.26 Å². The Kier molecular flexibility index (Phi) is 7.65. The van der Waals surface area contributed by atoms with Gasteiger partial charge in [0.05, 0.1) is 6.26 Å². The number of rotatable bonds is 9. The lowest BCUT2D eigenvalue weighted by Crippen LogP contribution is -2.52. The summed E-state index contributed by atoms with van der Waals surface area (Å²) in [6, 6.07) is -0.456. The molecule has 124 valence electrons. The molecule has 0 spiro atoms. The standard InChI is InChI=1S/C12H25N3O5S/c1-5-9(6-10(16)17)7-13-11(18)14-8-12(2,3)15-21(4,19)20/h9,15H,5-8H2,1-4H3,(H,16,17)(H2,13,14,18). The first-order valence-corrected chi connectivity index (χ1v) is 8.57. The van der Waals surface area contributed by atoms with Gasteiger partial charge in [-0.2, -0.15) is 0 Å². The Morgan fingerprint density at radius 1 is 1.24 bits per heavy atom. The van der Waals surface area contributed by atoms with Crippen LogP contribution < -0.4 is 15.4 Å². The smallest absolute Gasteiger partial charge is 0.314 e. The molecule has 0 fully saturated rings. The Hall–Kier alpha value is -1.35. The molecule has 0 aliphatic carbocycles. The van der Waals surface area contributed by atoms with Crippen LogP contribution in [-0.2, 0) is 14.8 Å². The van der Waals surface area contributed by atoms with E-state index in [9.17, 15) is 18.0 Å². The highest BCUT2D eigenvalue weighted by Gasteiger charge is 2.22. The van der Waals surface area contributed by atoms with Crippen molar-refractivity contribution in [3.05, 3.63) is 0 Å². The van der Waals surface area contributed by atoms with Gasteiger partial charge < -0.3 is 15.7 Å². The minimum atomic E-state index is -3.36. The summed E-state index contributed by atoms with van der Waals surface area (Å²) in [5.74, 6) is -1.03. The third-order valence-corrected chi connectivity index (χ3v) is 3.67. The fourth-order valence-electron chi connectivity index (χ4n) is 1.75. The fraction of sp³-hybridized carbons (Fsp3) is 0.833. The number of carbonyl (C=O) groups is 2. The van der Waals surface area contributed by atoms with Crippen molar-refractivity contribution in [2.24, 2.45) is 5.92 Å². The first-order valence-electron chi connectivity index (χ1n) is 6.67. The van der Waals surface area contributed by atoms with Crippen molar-refractivity contribution in [2.45, 2.75) is 39.2 Å². The van der Waals surface area contributed by atoms with E-state index in [0.29, 0.717) is 6.42 Å². The number of carboxylic acids is 1. The molecule has 0 aliphatic heterocycles. The first kappa shape index (κ1) is 19.7. The highest BCUT2D eigenvalue weighted by molar-refractivity contribution is 7.88. The van der Waals surface area contributed by atoms with Crippen LogP contribution in [-0.4, -0.2) is 50.4 Å². The maximum atomic E-state index is 11.6. The lowest BCUT2D eigenvalue weighted by molar-refractivity contribution is -0.138. The van der Waals surface area contributed by atoms with E-state index < -0.39 is 27.6 Å². The van der Waals surface area contributed by atoms with Gasteiger partial charge in [0, 0.05) is 25.0 Å². The van der Waals surface area contributed by atoms with Crippen molar-refractivity contribution in [1.29, 1.82) is 0 Å². The van der Waals surface area contributed by atoms with Crippen LogP contribution in [0.3, 0.4) is 0 Å². The zero-order chi connectivity index (χ0) is 16.7. The maximum Gasteiger partial charge on any atom is 0.314 e. The van der Waals surface area contributed by atoms with E-state index in [2.05, 4.69) is 15.4 Å². The zero-order valence-corrected chi connectivity index (χ0v) is 13.7. The van der Waals surface area contributed by atoms with Crippen molar-refractivity contribution in [3.8, 4) is 0 Å². The van der Waals surface area contributed by atoms with Crippen LogP contribution in [0.5, 0.6) is 0 Å². The minimum Gasteiger partial charge on any atom is -0.481 e. The number of hydrogen-bond acceptors (Lipinski definition) is 4. The number of nitrogens with one attached hydrogen (secondary N) is 3. The molecule has 0 aliphatic rings. The van der Waals surface area contributed by atoms with Crippen LogP contribution in [0.1, 0.15) is 33.6 Å². The van der Waals surface area contributed by atoms with Gasteiger partial charge in [-0.25, -0.2) is 17.9 Å². The van der Waals surface area contributed by atoms with Crippen molar-refractivity contribution < 1.29 is 23.1 Å². The third-order valence-electron chi connectivity index (χ3n) is 2.74. The molecule has 0 aromatic heterocycles. The van der Waals surface area contributed by atoms with Crippen LogP contribution in [0.25, 0.3) is 0 Å². The predicted molar refractivity (Wildman–Crippen MR) is 79.5 cm³/mol. The topological polar surface area (TPSA) is 125 Å². The molecule has 0 rings (SSSR count). The van der Waals surface area contributed by atoms with Gasteiger partial charge in [-0.1, -0.05) is 13.3 Å². The molecule has 0 aromatic carbocycles. The van der Waals surface area contributed by atoms with Gasteiger partial charge >= 0.3 is 12.0 Å². The molecular weight excluding hydrogens is 298 g/mol. The third kappa shape index (κ3) is 11.0. The van der Waals surface area contributed by atoms with Crippen molar-refractivity contribution in [2.75, 3.05) is 19.3 Å². The van der Waals surface area contributed by atoms with Crippen LogP contribution in [0, 0.1) is 5.92 Å². The van der Waals surface area contributed by atoms with Crippen LogP contribution in [0.2, 0.25) is 0 Å². The molecule has 0 saturated carbocycles. The van der Waals surface area contributed by atoms with E-state index in [1.54, 1.807) is 13.8 Å². The van der Waals surface area contributed by atoms with E-state index >= 15 is 0 Å². The predicted octanol–water partition coefficient (Wildman–Crippen LogP) is 0.114. The Morgan fingerprint density at radius 2 is 1.81 bits per heavy atom. The average molecular weight is 323 g/mol. The van der Waals surface area contributed by atoms with E-state index in [-0.39, 0.29) is 25.4 Å². The fourth-order valence-corrected chi connectivity index (χ4v) is 2.82. The van der Waals surface area contributed by atoms with Gasteiger partial charge in [-0.3, -0.25) is 4.79 Å². The van der Waals surface area contributed by atoms with Gasteiger partial charge in [0.15, 0.2) is 0 Å². The Bertz CT molecular complexity index is 462. The minimum absolute atomic E-state index is 0.00208. The molecule has 0 radical (unpaired) electrons. The summed E-state index contributed by atoms with van der Waals surface area (Å²) >= 11 is 0. The largest absolute Gasteiger partial charge is 0.481 e. The summed E-state index contributed by atoms with van der Waals surface area (Å²) in [5.41, 5.74) is -0.809. The molecule has 0 aromatic rings. The van der Waals surface area contributed by atoms with E-state index in [1.807, 2.05) is 6.92 Å². The van der Waals surface area contributed by atoms with E-state index in [4.69, 9.17) is 5.11 Å². The lowest BCUT2D eigenvalue weighted by atomic mass is 10.0. The Morgan fingerprint density at radius 3 is 2.24 bits per heavy atom. The second-order valence-electron chi connectivity index (χ2n) is 5.69. The number of carbonyl (C=O) groups excluding carboxylic acids is 1. The Labute approximate surface area is 125 Å². The summed E-state index contributed by atoms with van der Waals surface area (Å²) in [6.45, 7) is 5.52. The van der Waals surface area contributed by atoms with Gasteiger partial charge in [0.25, 0.3) is 0 Å². The maximum absolute atomic E-state index is 11.6. The first-order chi connectivity index (χ1) is 9.45. The van der Waals surface area contributed by atoms with E-state index in [1.165, 1.54) is 0 Å². The SMILES string of the molecule is CCC(CNC(=O)NCC(C)(C)NS(C)(=O)=O)CC(=O)O. The van der Waals surface area contributed by atoms with Crippen LogP contribution in [0.15, 0.2) is 0 Å². The van der Waals surface area contributed by atoms with Crippen molar-refractivity contribution in [1.82, 2.24) is 15.4 Å². The number of amides is 2. The lowest BCUT2D eigenvalue weighted by Gasteiger charge is -2.25. The highest BCUT2D eigenvalue weighted by atomic mass is 32.2. The monoisotopic (exact) mass is 323 g/mol. The van der Waals surface area contributed by atoms with Crippen LogP contribution in [0.4, 0.5) is 4.79 Å². The second kappa shape index (κ2) is 8.18. The molecule has 0 heterocycles. The van der Waals surface area contributed by atoms with Gasteiger partial charge in [0.2, 0.25) is 10.0 Å². The summed E-state index contributed by atoms with van der Waals surface area (Å²) in [7, 11) is -3.36. The number of hydrogen-bond donors (Lipinski definition) is 4. The molecule has 8 nitrogen and oxygen atoms in total. The van der Waals surface area contributed by atoms with Gasteiger partial charge in [-0.05, 0) is 19.8 Å². The normalized spacial score (nSPS) is 13.5. The molecule has 9 heteroatoms. The second-order valence-corrected chi connectivity index (χ2v) is 7.44. The van der Waals surface area contributed by atoms with Gasteiger partial charge in [-0.15, -0.1) is 0 Å². The molecule has 1 unspecified atom stereocenters. The highest BCUT2D eigenvalue weighted by Crippen LogP contribution is 2.06.